The Labute approximate surface area is 49.8 Å². The van der Waals surface area contributed by atoms with Crippen LogP contribution in [-0.4, -0.2) is 20.0 Å². The van der Waals surface area contributed by atoms with Crippen LogP contribution in [0.3, 0.4) is 0 Å². The Hall–Kier alpha value is -0.0800. The van der Waals surface area contributed by atoms with E-state index in [4.69, 9.17) is 9.47 Å². The van der Waals surface area contributed by atoms with Crippen LogP contribution in [0.4, 0.5) is 0 Å². The SMILES string of the molecule is COC1C[C@H](C)CO1. The monoisotopic (exact) mass is 116 g/mol. The second kappa shape index (κ2) is 2.46. The van der Waals surface area contributed by atoms with Crippen molar-refractivity contribution in [3.63, 3.8) is 0 Å². The van der Waals surface area contributed by atoms with Gasteiger partial charge in [-0.05, 0) is 5.92 Å². The molecular weight excluding hydrogens is 104 g/mol. The molecule has 0 bridgehead atoms. The smallest absolute Gasteiger partial charge is 0.157 e. The molecule has 1 saturated heterocycles. The minimum Gasteiger partial charge on any atom is -0.356 e. The average Bonchev–Trinajstić information content (AvgIpc) is 2.14. The maximum absolute atomic E-state index is 5.19. The largest absolute Gasteiger partial charge is 0.356 e. The fourth-order valence-electron chi connectivity index (χ4n) is 0.900. The molecule has 0 saturated carbocycles. The molecule has 0 radical (unpaired) electrons. The minimum atomic E-state index is 0.0741. The number of ether oxygens (including phenoxy) is 2. The van der Waals surface area contributed by atoms with Gasteiger partial charge in [0.1, 0.15) is 0 Å². The van der Waals surface area contributed by atoms with Gasteiger partial charge in [0.25, 0.3) is 0 Å². The first-order valence-corrected chi connectivity index (χ1v) is 2.97. The van der Waals surface area contributed by atoms with E-state index in [9.17, 15) is 0 Å². The van der Waals surface area contributed by atoms with Gasteiger partial charge < -0.3 is 9.47 Å². The van der Waals surface area contributed by atoms with Crippen molar-refractivity contribution in [2.24, 2.45) is 5.92 Å². The molecule has 0 aliphatic carbocycles. The van der Waals surface area contributed by atoms with Gasteiger partial charge in [-0.25, -0.2) is 0 Å². The van der Waals surface area contributed by atoms with Crippen LogP contribution in [0.25, 0.3) is 0 Å². The summed E-state index contributed by atoms with van der Waals surface area (Å²) < 4.78 is 10.2. The fourth-order valence-corrected chi connectivity index (χ4v) is 0.900. The van der Waals surface area contributed by atoms with Gasteiger partial charge >= 0.3 is 0 Å². The zero-order valence-corrected chi connectivity index (χ0v) is 5.39. The molecule has 1 aliphatic heterocycles. The molecule has 48 valence electrons. The molecule has 8 heavy (non-hydrogen) atoms. The third kappa shape index (κ3) is 1.20. The van der Waals surface area contributed by atoms with Gasteiger partial charge in [0, 0.05) is 13.5 Å². The first kappa shape index (κ1) is 6.05. The molecule has 0 spiro atoms. The Morgan fingerprint density at radius 3 is 2.62 bits per heavy atom. The van der Waals surface area contributed by atoms with Gasteiger partial charge in [-0.3, -0.25) is 0 Å². The van der Waals surface area contributed by atoms with Crippen LogP contribution in [0.2, 0.25) is 0 Å². The van der Waals surface area contributed by atoms with Crippen molar-refractivity contribution < 1.29 is 9.47 Å². The van der Waals surface area contributed by atoms with E-state index in [1.54, 1.807) is 7.11 Å². The lowest BCUT2D eigenvalue weighted by Crippen LogP contribution is -2.06. The van der Waals surface area contributed by atoms with Crippen LogP contribution in [0.1, 0.15) is 13.3 Å². The van der Waals surface area contributed by atoms with E-state index in [1.807, 2.05) is 0 Å². The predicted octanol–water partition coefficient (Wildman–Crippen LogP) is 1.02. The lowest BCUT2D eigenvalue weighted by Gasteiger charge is -2.03. The van der Waals surface area contributed by atoms with Crippen molar-refractivity contribution in [3.05, 3.63) is 0 Å². The molecule has 0 N–H and O–H groups in total. The van der Waals surface area contributed by atoms with Crippen molar-refractivity contribution >= 4 is 0 Å². The number of hydrogen-bond acceptors (Lipinski definition) is 2. The van der Waals surface area contributed by atoms with Gasteiger partial charge in [0.05, 0.1) is 6.61 Å². The van der Waals surface area contributed by atoms with E-state index in [1.165, 1.54) is 0 Å². The summed E-state index contributed by atoms with van der Waals surface area (Å²) in [5.74, 6) is 0.681. The van der Waals surface area contributed by atoms with Crippen molar-refractivity contribution in [1.29, 1.82) is 0 Å². The van der Waals surface area contributed by atoms with Gasteiger partial charge in [-0.15, -0.1) is 0 Å². The maximum atomic E-state index is 5.19. The lowest BCUT2D eigenvalue weighted by atomic mass is 10.1. The summed E-state index contributed by atoms with van der Waals surface area (Å²) in [4.78, 5) is 0. The summed E-state index contributed by atoms with van der Waals surface area (Å²) in [5.41, 5.74) is 0. The summed E-state index contributed by atoms with van der Waals surface area (Å²) in [6, 6.07) is 0. The van der Waals surface area contributed by atoms with Crippen molar-refractivity contribution in [1.82, 2.24) is 0 Å². The normalized spacial score (nSPS) is 38.2. The highest BCUT2D eigenvalue weighted by molar-refractivity contribution is 4.61. The van der Waals surface area contributed by atoms with Gasteiger partial charge in [0.15, 0.2) is 6.29 Å². The topological polar surface area (TPSA) is 18.5 Å². The molecule has 2 heteroatoms. The molecule has 2 nitrogen and oxygen atoms in total. The molecule has 1 rings (SSSR count). The molecule has 0 amide bonds. The summed E-state index contributed by atoms with van der Waals surface area (Å²) in [7, 11) is 1.68. The van der Waals surface area contributed by atoms with E-state index >= 15 is 0 Å². The summed E-state index contributed by atoms with van der Waals surface area (Å²) in [6.07, 6.45) is 1.13. The Balaban J connectivity index is 2.22. The van der Waals surface area contributed by atoms with Crippen LogP contribution in [0.5, 0.6) is 0 Å². The first-order chi connectivity index (χ1) is 3.83. The number of hydrogen-bond donors (Lipinski definition) is 0. The standard InChI is InChI=1S/C6H12O2/c1-5-3-6(7-2)8-4-5/h5-6H,3-4H2,1-2H3/t5-,6?/m0/s1. The van der Waals surface area contributed by atoms with E-state index < -0.39 is 0 Å². The predicted molar refractivity (Wildman–Crippen MR) is 30.5 cm³/mol. The molecular formula is C6H12O2. The van der Waals surface area contributed by atoms with E-state index in [0.29, 0.717) is 5.92 Å². The molecule has 1 heterocycles. The van der Waals surface area contributed by atoms with Crippen molar-refractivity contribution in [3.8, 4) is 0 Å². The second-order valence-electron chi connectivity index (χ2n) is 2.34. The van der Waals surface area contributed by atoms with Crippen LogP contribution in [0.15, 0.2) is 0 Å². The third-order valence-corrected chi connectivity index (χ3v) is 1.42. The average molecular weight is 116 g/mol. The summed E-state index contributed by atoms with van der Waals surface area (Å²) >= 11 is 0. The highest BCUT2D eigenvalue weighted by Crippen LogP contribution is 2.18. The van der Waals surface area contributed by atoms with Crippen LogP contribution in [0, 0.1) is 5.92 Å². The lowest BCUT2D eigenvalue weighted by molar-refractivity contribution is -0.0881. The third-order valence-electron chi connectivity index (χ3n) is 1.42. The quantitative estimate of drug-likeness (QED) is 0.509. The molecule has 1 unspecified atom stereocenters. The van der Waals surface area contributed by atoms with Crippen LogP contribution >= 0.6 is 0 Å². The van der Waals surface area contributed by atoms with Crippen molar-refractivity contribution in [2.45, 2.75) is 19.6 Å². The number of methoxy groups -OCH3 is 1. The molecule has 1 fully saturated rings. The Kier molecular flexibility index (Phi) is 1.86. The fraction of sp³-hybridized carbons (Fsp3) is 1.00. The molecule has 2 atom stereocenters. The van der Waals surface area contributed by atoms with E-state index in [0.717, 1.165) is 13.0 Å². The van der Waals surface area contributed by atoms with E-state index in [2.05, 4.69) is 6.92 Å². The maximum Gasteiger partial charge on any atom is 0.157 e. The molecule has 0 aromatic heterocycles. The van der Waals surface area contributed by atoms with E-state index in [-0.39, 0.29) is 6.29 Å². The Bertz CT molecular complexity index is 72.9. The van der Waals surface area contributed by atoms with Gasteiger partial charge in [-0.1, -0.05) is 6.92 Å². The first-order valence-electron chi connectivity index (χ1n) is 2.97. The molecule has 0 aromatic rings. The minimum absolute atomic E-state index is 0.0741. The van der Waals surface area contributed by atoms with Gasteiger partial charge in [0.2, 0.25) is 0 Å². The summed E-state index contributed by atoms with van der Waals surface area (Å²) in [5, 5.41) is 0. The number of rotatable bonds is 1. The summed E-state index contributed by atoms with van der Waals surface area (Å²) in [6.45, 7) is 3.03. The molecule has 0 aromatic carbocycles. The zero-order chi connectivity index (χ0) is 5.98. The zero-order valence-electron chi connectivity index (χ0n) is 5.39. The van der Waals surface area contributed by atoms with Crippen LogP contribution in [-0.2, 0) is 9.47 Å². The highest BCUT2D eigenvalue weighted by Gasteiger charge is 2.20. The Morgan fingerprint density at radius 1 is 1.62 bits per heavy atom. The van der Waals surface area contributed by atoms with Gasteiger partial charge in [-0.2, -0.15) is 0 Å². The van der Waals surface area contributed by atoms with Crippen molar-refractivity contribution in [2.75, 3.05) is 13.7 Å². The molecule has 1 aliphatic rings. The second-order valence-corrected chi connectivity index (χ2v) is 2.34. The van der Waals surface area contributed by atoms with Crippen LogP contribution < -0.4 is 0 Å². The Morgan fingerprint density at radius 2 is 2.38 bits per heavy atom. The highest BCUT2D eigenvalue weighted by atomic mass is 16.7.